The van der Waals surface area contributed by atoms with Gasteiger partial charge in [0.05, 0.1) is 0 Å². The molecule has 2 aliphatic rings. The number of nitrogens with zero attached hydrogens (tertiary/aromatic N) is 3. The number of allylic oxidation sites excluding steroid dienone is 2. The van der Waals surface area contributed by atoms with Crippen molar-refractivity contribution in [1.29, 1.82) is 0 Å². The molecule has 156 valence electrons. The fourth-order valence-electron chi connectivity index (χ4n) is 3.73. The summed E-state index contributed by atoms with van der Waals surface area (Å²) in [4.78, 5) is -0.00829. The maximum absolute atomic E-state index is 13.4. The van der Waals surface area contributed by atoms with Crippen LogP contribution in [0.1, 0.15) is 37.1 Å². The predicted octanol–water partition coefficient (Wildman–Crippen LogP) is 4.23. The van der Waals surface area contributed by atoms with Crippen LogP contribution in [0.2, 0.25) is 5.02 Å². The van der Waals surface area contributed by atoms with Crippen LogP contribution >= 0.6 is 11.6 Å². The molecule has 29 heavy (non-hydrogen) atoms. The molecule has 6 nitrogen and oxygen atoms in total. The predicted molar refractivity (Wildman–Crippen MR) is 103 cm³/mol. The van der Waals surface area contributed by atoms with E-state index in [1.165, 1.54) is 4.31 Å². The van der Waals surface area contributed by atoms with Gasteiger partial charge in [0.2, 0.25) is 10.0 Å². The lowest BCUT2D eigenvalue weighted by molar-refractivity contribution is -0.141. The number of hydrogen-bond acceptors (Lipinski definition) is 4. The summed E-state index contributed by atoms with van der Waals surface area (Å²) in [5, 5.41) is 6.93. The largest absolute Gasteiger partial charge is 0.435 e. The second-order valence-electron chi connectivity index (χ2n) is 7.04. The summed E-state index contributed by atoms with van der Waals surface area (Å²) in [6.45, 7) is 2.31. The van der Waals surface area contributed by atoms with Gasteiger partial charge >= 0.3 is 6.18 Å². The van der Waals surface area contributed by atoms with E-state index >= 15 is 0 Å². The molecule has 3 heterocycles. The highest BCUT2D eigenvalue weighted by atomic mass is 35.5. The number of hydrogen-bond donors (Lipinski definition) is 1. The molecule has 0 aliphatic carbocycles. The van der Waals surface area contributed by atoms with Crippen molar-refractivity contribution in [3.05, 3.63) is 57.2 Å². The van der Waals surface area contributed by atoms with E-state index in [1.807, 2.05) is 0 Å². The number of benzene rings is 1. The molecule has 1 fully saturated rings. The second-order valence-corrected chi connectivity index (χ2v) is 9.38. The molecule has 0 spiro atoms. The summed E-state index contributed by atoms with van der Waals surface area (Å²) >= 11 is 5.95. The third-order valence-corrected chi connectivity index (χ3v) is 7.46. The Morgan fingerprint density at radius 2 is 1.79 bits per heavy atom. The molecule has 4 rings (SSSR count). The zero-order valence-corrected chi connectivity index (χ0v) is 16.9. The van der Waals surface area contributed by atoms with Crippen molar-refractivity contribution in [3.8, 4) is 0 Å². The minimum Gasteiger partial charge on any atom is -0.343 e. The second kappa shape index (κ2) is 7.03. The van der Waals surface area contributed by atoms with Crippen LogP contribution in [0.25, 0.3) is 0 Å². The molecular weight excluding hydrogens is 429 g/mol. The van der Waals surface area contributed by atoms with Gasteiger partial charge < -0.3 is 5.32 Å². The van der Waals surface area contributed by atoms with Crippen LogP contribution < -0.4 is 5.32 Å². The Morgan fingerprint density at radius 1 is 1.17 bits per heavy atom. The van der Waals surface area contributed by atoms with Gasteiger partial charge in [0.15, 0.2) is 5.69 Å². The topological polar surface area (TPSA) is 67.2 Å². The van der Waals surface area contributed by atoms with E-state index in [0.29, 0.717) is 23.7 Å². The van der Waals surface area contributed by atoms with Gasteiger partial charge in [0.1, 0.15) is 16.8 Å². The zero-order chi connectivity index (χ0) is 21.0. The first-order valence-corrected chi connectivity index (χ1v) is 10.8. The lowest BCUT2D eigenvalue weighted by Crippen LogP contribution is -2.36. The van der Waals surface area contributed by atoms with E-state index in [2.05, 4.69) is 10.4 Å². The monoisotopic (exact) mass is 446 g/mol. The lowest BCUT2D eigenvalue weighted by atomic mass is 10.0. The Balaban J connectivity index is 1.91. The molecule has 2 aliphatic heterocycles. The van der Waals surface area contributed by atoms with Crippen molar-refractivity contribution in [2.45, 2.75) is 32.0 Å². The van der Waals surface area contributed by atoms with Crippen molar-refractivity contribution in [2.24, 2.45) is 0 Å². The van der Waals surface area contributed by atoms with E-state index in [-0.39, 0.29) is 16.4 Å². The molecule has 0 radical (unpaired) electrons. The number of aromatic nitrogens is 2. The highest BCUT2D eigenvalue weighted by Gasteiger charge is 2.43. The van der Waals surface area contributed by atoms with Crippen molar-refractivity contribution in [2.75, 3.05) is 18.4 Å². The summed E-state index contributed by atoms with van der Waals surface area (Å²) in [5.74, 6) is 0.0788. The molecule has 1 aromatic heterocycles. The van der Waals surface area contributed by atoms with Crippen molar-refractivity contribution in [3.63, 3.8) is 0 Å². The third kappa shape index (κ3) is 3.53. The summed E-state index contributed by atoms with van der Waals surface area (Å²) in [6, 6.07) is 6.19. The number of sulfonamides is 1. The zero-order valence-electron chi connectivity index (χ0n) is 15.4. The summed E-state index contributed by atoms with van der Waals surface area (Å²) < 4.78 is 69.1. The van der Waals surface area contributed by atoms with Crippen molar-refractivity contribution < 1.29 is 21.6 Å². The molecule has 0 saturated carbocycles. The summed E-state index contributed by atoms with van der Waals surface area (Å²) in [7, 11) is -3.91. The van der Waals surface area contributed by atoms with Crippen molar-refractivity contribution in [1.82, 2.24) is 14.1 Å². The number of anilines is 1. The average Bonchev–Trinajstić information content (AvgIpc) is 3.30. The summed E-state index contributed by atoms with van der Waals surface area (Å²) in [6.07, 6.45) is -3.16. The molecule has 11 heteroatoms. The number of nitrogens with one attached hydrogen (secondary N) is 1. The first kappa shape index (κ1) is 20.2. The van der Waals surface area contributed by atoms with Crippen LogP contribution in [0.15, 0.2) is 40.9 Å². The van der Waals surface area contributed by atoms with Crippen LogP contribution in [-0.2, 0) is 16.2 Å². The maximum Gasteiger partial charge on any atom is 0.435 e. The Bertz CT molecular complexity index is 1070. The van der Waals surface area contributed by atoms with Gasteiger partial charge in [-0.05, 0) is 37.5 Å². The molecule has 1 saturated heterocycles. The van der Waals surface area contributed by atoms with E-state index in [0.717, 1.165) is 23.6 Å². The molecule has 2 aromatic rings. The van der Waals surface area contributed by atoms with Gasteiger partial charge in [-0.2, -0.15) is 22.6 Å². The highest BCUT2D eigenvalue weighted by Crippen LogP contribution is 2.42. The number of alkyl halides is 3. The molecule has 1 aromatic carbocycles. The Morgan fingerprint density at radius 3 is 2.38 bits per heavy atom. The minimum absolute atomic E-state index is 0.00829. The van der Waals surface area contributed by atoms with Crippen LogP contribution in [0.3, 0.4) is 0 Å². The Hall–Kier alpha value is -2.04. The SMILES string of the molecule is CC1=C(S(=O)(=O)N2CCCC2)C(c2ccc(Cl)cc2)n2nc(C(F)(F)F)cc2N1. The van der Waals surface area contributed by atoms with Crippen LogP contribution in [0.4, 0.5) is 19.0 Å². The Kier molecular flexibility index (Phi) is 4.91. The lowest BCUT2D eigenvalue weighted by Gasteiger charge is -2.32. The number of fused-ring (bicyclic) bond motifs is 1. The van der Waals surface area contributed by atoms with E-state index in [4.69, 9.17) is 11.6 Å². The molecule has 1 atom stereocenters. The number of rotatable bonds is 3. The smallest absolute Gasteiger partial charge is 0.343 e. The highest BCUT2D eigenvalue weighted by molar-refractivity contribution is 7.93. The fourth-order valence-corrected chi connectivity index (χ4v) is 5.83. The Labute approximate surface area is 171 Å². The van der Waals surface area contributed by atoms with Crippen LogP contribution in [0, 0.1) is 0 Å². The maximum atomic E-state index is 13.4. The standard InChI is InChI=1S/C18H18ClF3N4O2S/c1-11-17(29(27,28)25-8-2-3-9-25)16(12-4-6-13(19)7-5-12)26-15(23-11)10-14(24-26)18(20,21)22/h4-7,10,16,23H,2-3,8-9H2,1H3. The number of halogens is 4. The van der Waals surface area contributed by atoms with E-state index in [9.17, 15) is 21.6 Å². The van der Waals surface area contributed by atoms with Gasteiger partial charge in [0.25, 0.3) is 0 Å². The average molecular weight is 447 g/mol. The molecule has 1 unspecified atom stereocenters. The quantitative estimate of drug-likeness (QED) is 0.766. The van der Waals surface area contributed by atoms with Gasteiger partial charge in [0, 0.05) is 29.9 Å². The first-order valence-electron chi connectivity index (χ1n) is 8.99. The third-order valence-electron chi connectivity index (χ3n) is 5.07. The molecular formula is C18H18ClF3N4O2S. The van der Waals surface area contributed by atoms with Gasteiger partial charge in [-0.25, -0.2) is 13.1 Å². The molecule has 0 amide bonds. The van der Waals surface area contributed by atoms with Gasteiger partial charge in [-0.3, -0.25) is 0 Å². The first-order chi connectivity index (χ1) is 13.6. The van der Waals surface area contributed by atoms with E-state index in [1.54, 1.807) is 31.2 Å². The van der Waals surface area contributed by atoms with Gasteiger partial charge in [-0.1, -0.05) is 23.7 Å². The fraction of sp³-hybridized carbons (Fsp3) is 0.389. The normalized spacial score (nSPS) is 20.7. The van der Waals surface area contributed by atoms with Crippen LogP contribution in [0.5, 0.6) is 0 Å². The summed E-state index contributed by atoms with van der Waals surface area (Å²) in [5.41, 5.74) is -0.337. The minimum atomic E-state index is -4.65. The van der Waals surface area contributed by atoms with Gasteiger partial charge in [-0.15, -0.1) is 0 Å². The van der Waals surface area contributed by atoms with Crippen LogP contribution in [-0.4, -0.2) is 35.6 Å². The molecule has 0 bridgehead atoms. The van der Waals surface area contributed by atoms with E-state index < -0.39 is 27.9 Å². The molecule has 1 N–H and O–H groups in total. The van der Waals surface area contributed by atoms with Crippen molar-refractivity contribution >= 4 is 27.4 Å².